The van der Waals surface area contributed by atoms with E-state index in [0.29, 0.717) is 15.9 Å². The first-order valence-corrected chi connectivity index (χ1v) is 7.04. The zero-order valence-electron chi connectivity index (χ0n) is 10.6. The summed E-state index contributed by atoms with van der Waals surface area (Å²) in [6, 6.07) is -0.0431. The molecule has 0 aliphatic heterocycles. The average Bonchev–Trinajstić information content (AvgIpc) is 2.37. The van der Waals surface area contributed by atoms with Crippen LogP contribution in [0.2, 0.25) is 0 Å². The minimum Gasteiger partial charge on any atom is -0.391 e. The van der Waals surface area contributed by atoms with Gasteiger partial charge >= 0.3 is 0 Å². The minimum absolute atomic E-state index is 0.0124. The van der Waals surface area contributed by atoms with Crippen molar-refractivity contribution in [3.8, 4) is 0 Å². The molecule has 0 spiro atoms. The van der Waals surface area contributed by atoms with Gasteiger partial charge in [0, 0.05) is 5.56 Å². The molecule has 0 aromatic carbocycles. The van der Waals surface area contributed by atoms with E-state index >= 15 is 0 Å². The second-order valence-electron chi connectivity index (χ2n) is 4.79. The van der Waals surface area contributed by atoms with Gasteiger partial charge < -0.3 is 10.4 Å². The molecule has 0 bridgehead atoms. The Kier molecular flexibility index (Phi) is 4.36. The number of nitrogens with zero attached hydrogens (tertiary/aromatic N) is 2. The quantitative estimate of drug-likeness (QED) is 0.657. The van der Waals surface area contributed by atoms with Crippen LogP contribution >= 0.6 is 15.9 Å². The van der Waals surface area contributed by atoms with Gasteiger partial charge in [-0.2, -0.15) is 0 Å². The summed E-state index contributed by atoms with van der Waals surface area (Å²) >= 11 is 3.34. The second-order valence-corrected chi connectivity index (χ2v) is 5.58. The van der Waals surface area contributed by atoms with Crippen LogP contribution < -0.4 is 5.32 Å². The molecule has 7 heteroatoms. The van der Waals surface area contributed by atoms with E-state index in [1.165, 1.54) is 6.20 Å². The number of anilines is 1. The lowest BCUT2D eigenvalue weighted by Crippen LogP contribution is -2.36. The molecule has 2 unspecified atom stereocenters. The molecule has 1 aromatic heterocycles. The summed E-state index contributed by atoms with van der Waals surface area (Å²) in [5.74, 6) is 0.550. The lowest BCUT2D eigenvalue weighted by molar-refractivity contribution is -0.385. The molecule has 1 saturated carbocycles. The number of nitro groups is 1. The number of aliphatic hydroxyl groups is 1. The zero-order chi connectivity index (χ0) is 14.0. The Morgan fingerprint density at radius 2 is 2.21 bits per heavy atom. The van der Waals surface area contributed by atoms with Crippen molar-refractivity contribution in [3.05, 3.63) is 26.3 Å². The number of hydrogen-bond donors (Lipinski definition) is 2. The van der Waals surface area contributed by atoms with Crippen LogP contribution in [0, 0.1) is 17.0 Å². The fourth-order valence-electron chi connectivity index (χ4n) is 2.31. The van der Waals surface area contributed by atoms with Crippen molar-refractivity contribution in [2.24, 2.45) is 0 Å². The van der Waals surface area contributed by atoms with E-state index in [0.717, 1.165) is 25.7 Å². The second kappa shape index (κ2) is 5.83. The minimum atomic E-state index is -0.452. The largest absolute Gasteiger partial charge is 0.391 e. The van der Waals surface area contributed by atoms with Crippen LogP contribution in [0.4, 0.5) is 11.5 Å². The van der Waals surface area contributed by atoms with Crippen LogP contribution in [0.15, 0.2) is 10.7 Å². The van der Waals surface area contributed by atoms with Crippen LogP contribution in [0.3, 0.4) is 0 Å². The van der Waals surface area contributed by atoms with Gasteiger partial charge in [0.2, 0.25) is 0 Å². The van der Waals surface area contributed by atoms with Crippen molar-refractivity contribution in [1.82, 2.24) is 4.98 Å². The Bertz CT molecular complexity index is 495. The van der Waals surface area contributed by atoms with E-state index in [1.54, 1.807) is 6.92 Å². The molecular weight excluding hydrogens is 314 g/mol. The van der Waals surface area contributed by atoms with Gasteiger partial charge in [0.1, 0.15) is 12.0 Å². The molecule has 1 aliphatic rings. The van der Waals surface area contributed by atoms with Gasteiger partial charge in [0.05, 0.1) is 21.5 Å². The number of aromatic nitrogens is 1. The average molecular weight is 330 g/mol. The van der Waals surface area contributed by atoms with Crippen molar-refractivity contribution in [2.45, 2.75) is 44.8 Å². The predicted octanol–water partition coefficient (Wildman–Crippen LogP) is 2.78. The smallest absolute Gasteiger partial charge is 0.291 e. The Morgan fingerprint density at radius 3 is 2.84 bits per heavy atom. The SMILES string of the molecule is Cc1c([N+](=O)[O-])cnc(NC2CCCCC2O)c1Br. The van der Waals surface area contributed by atoms with Crippen molar-refractivity contribution in [3.63, 3.8) is 0 Å². The van der Waals surface area contributed by atoms with E-state index in [1.807, 2.05) is 0 Å². The van der Waals surface area contributed by atoms with Crippen LogP contribution in [-0.4, -0.2) is 27.2 Å². The summed E-state index contributed by atoms with van der Waals surface area (Å²) in [4.78, 5) is 14.4. The molecular formula is C12H16BrN3O3. The number of pyridine rings is 1. The summed E-state index contributed by atoms with van der Waals surface area (Å²) in [7, 11) is 0. The highest BCUT2D eigenvalue weighted by atomic mass is 79.9. The summed E-state index contributed by atoms with van der Waals surface area (Å²) in [6.45, 7) is 1.67. The van der Waals surface area contributed by atoms with E-state index < -0.39 is 11.0 Å². The van der Waals surface area contributed by atoms with Crippen LogP contribution in [0.5, 0.6) is 0 Å². The molecule has 104 valence electrons. The summed E-state index contributed by atoms with van der Waals surface area (Å²) in [6.07, 6.45) is 4.62. The molecule has 6 nitrogen and oxygen atoms in total. The molecule has 2 N–H and O–H groups in total. The molecule has 1 fully saturated rings. The first-order valence-electron chi connectivity index (χ1n) is 6.24. The standard InChI is InChI=1S/C12H16BrN3O3/c1-7-9(16(18)19)6-14-12(11(7)13)15-8-4-2-3-5-10(8)17/h6,8,10,17H,2-5H2,1H3,(H,14,15). The van der Waals surface area contributed by atoms with Crippen LogP contribution in [-0.2, 0) is 0 Å². The van der Waals surface area contributed by atoms with Gasteiger partial charge in [-0.05, 0) is 35.7 Å². The third kappa shape index (κ3) is 3.03. The fourth-order valence-corrected chi connectivity index (χ4v) is 2.73. The molecule has 0 amide bonds. The van der Waals surface area contributed by atoms with Crippen molar-refractivity contribution < 1.29 is 10.0 Å². The van der Waals surface area contributed by atoms with Crippen molar-refractivity contribution >= 4 is 27.4 Å². The highest BCUT2D eigenvalue weighted by molar-refractivity contribution is 9.10. The Hall–Kier alpha value is -1.21. The highest BCUT2D eigenvalue weighted by Gasteiger charge is 2.25. The third-order valence-corrected chi connectivity index (χ3v) is 4.46. The maximum Gasteiger partial charge on any atom is 0.291 e. The number of rotatable bonds is 3. The Labute approximate surface area is 119 Å². The molecule has 0 saturated heterocycles. The maximum atomic E-state index is 10.8. The lowest BCUT2D eigenvalue weighted by Gasteiger charge is -2.29. The van der Waals surface area contributed by atoms with Crippen LogP contribution in [0.1, 0.15) is 31.2 Å². The van der Waals surface area contributed by atoms with Crippen molar-refractivity contribution in [2.75, 3.05) is 5.32 Å². The monoisotopic (exact) mass is 329 g/mol. The number of aliphatic hydroxyl groups excluding tert-OH is 1. The predicted molar refractivity (Wildman–Crippen MR) is 75.2 cm³/mol. The van der Waals surface area contributed by atoms with Gasteiger partial charge in [-0.3, -0.25) is 10.1 Å². The molecule has 1 aromatic rings. The summed E-state index contributed by atoms with van der Waals surface area (Å²) in [5, 5.41) is 23.9. The summed E-state index contributed by atoms with van der Waals surface area (Å²) < 4.78 is 0.583. The number of nitrogens with one attached hydrogen (secondary N) is 1. The number of halogens is 1. The zero-order valence-corrected chi connectivity index (χ0v) is 12.2. The summed E-state index contributed by atoms with van der Waals surface area (Å²) in [5.41, 5.74) is 0.523. The first kappa shape index (κ1) is 14.2. The Morgan fingerprint density at radius 1 is 1.53 bits per heavy atom. The van der Waals surface area contributed by atoms with Gasteiger partial charge in [-0.1, -0.05) is 12.8 Å². The Balaban J connectivity index is 2.21. The van der Waals surface area contributed by atoms with Gasteiger partial charge in [-0.25, -0.2) is 4.98 Å². The first-order chi connectivity index (χ1) is 9.00. The normalized spacial score (nSPS) is 23.1. The van der Waals surface area contributed by atoms with Crippen LogP contribution in [0.25, 0.3) is 0 Å². The van der Waals surface area contributed by atoms with Gasteiger partial charge in [0.25, 0.3) is 5.69 Å². The van der Waals surface area contributed by atoms with E-state index in [9.17, 15) is 15.2 Å². The van der Waals surface area contributed by atoms with Crippen molar-refractivity contribution in [1.29, 1.82) is 0 Å². The lowest BCUT2D eigenvalue weighted by atomic mass is 9.92. The molecule has 0 radical (unpaired) electrons. The molecule has 2 atom stereocenters. The van der Waals surface area contributed by atoms with E-state index in [2.05, 4.69) is 26.2 Å². The maximum absolute atomic E-state index is 10.8. The molecule has 1 heterocycles. The number of hydrogen-bond acceptors (Lipinski definition) is 5. The third-order valence-electron chi connectivity index (χ3n) is 3.49. The molecule has 19 heavy (non-hydrogen) atoms. The molecule has 1 aliphatic carbocycles. The fraction of sp³-hybridized carbons (Fsp3) is 0.583. The highest BCUT2D eigenvalue weighted by Crippen LogP contribution is 2.32. The topological polar surface area (TPSA) is 88.3 Å². The van der Waals surface area contributed by atoms with Gasteiger partial charge in [0.15, 0.2) is 0 Å². The molecule has 2 rings (SSSR count). The van der Waals surface area contributed by atoms with E-state index in [4.69, 9.17) is 0 Å². The van der Waals surface area contributed by atoms with Gasteiger partial charge in [-0.15, -0.1) is 0 Å². The van der Waals surface area contributed by atoms with E-state index in [-0.39, 0.29) is 11.7 Å².